The van der Waals surface area contributed by atoms with Crippen LogP contribution < -0.4 is 4.74 Å². The fourth-order valence-corrected chi connectivity index (χ4v) is 5.35. The molecule has 1 unspecified atom stereocenters. The molecule has 0 bridgehead atoms. The van der Waals surface area contributed by atoms with E-state index in [2.05, 4.69) is 0 Å². The van der Waals surface area contributed by atoms with Crippen LogP contribution in [0.2, 0.25) is 0 Å². The molecule has 2 aromatic rings. The number of sulfonamides is 1. The molecule has 1 fully saturated rings. The number of carbonyl (C=O) groups excluding carboxylic acids is 1. The lowest BCUT2D eigenvalue weighted by molar-refractivity contribution is 0.0735. The van der Waals surface area contributed by atoms with Crippen LogP contribution in [0.15, 0.2) is 53.4 Å². The Morgan fingerprint density at radius 3 is 2.45 bits per heavy atom. The summed E-state index contributed by atoms with van der Waals surface area (Å²) in [5.41, 5.74) is 1.46. The maximum atomic E-state index is 13.2. The van der Waals surface area contributed by atoms with Crippen LogP contribution in [-0.4, -0.2) is 50.3 Å². The highest BCUT2D eigenvalue weighted by Gasteiger charge is 2.31. The highest BCUT2D eigenvalue weighted by molar-refractivity contribution is 7.89. The van der Waals surface area contributed by atoms with E-state index < -0.39 is 10.0 Å². The summed E-state index contributed by atoms with van der Waals surface area (Å²) in [6, 6.07) is 14.1. The van der Waals surface area contributed by atoms with Gasteiger partial charge in [0, 0.05) is 25.2 Å². The highest BCUT2D eigenvalue weighted by atomic mass is 32.2. The first kappa shape index (κ1) is 21.3. The molecule has 2 aromatic carbocycles. The molecule has 0 aliphatic carbocycles. The molecule has 1 atom stereocenters. The zero-order valence-electron chi connectivity index (χ0n) is 17.2. The summed E-state index contributed by atoms with van der Waals surface area (Å²) in [5.74, 6) is 0.638. The number of nitrogens with zero attached hydrogens (tertiary/aromatic N) is 2. The Labute approximate surface area is 173 Å². The van der Waals surface area contributed by atoms with Crippen molar-refractivity contribution in [2.75, 3.05) is 26.7 Å². The van der Waals surface area contributed by atoms with E-state index in [4.69, 9.17) is 4.74 Å². The molecule has 7 heteroatoms. The highest BCUT2D eigenvalue weighted by Crippen LogP contribution is 2.34. The van der Waals surface area contributed by atoms with Crippen molar-refractivity contribution in [3.63, 3.8) is 0 Å². The SMILES string of the molecule is CCN(CC)S(=O)(=O)c1cccc(C(=O)N2CCCC2c2ccc(OC)cc2)c1. The van der Waals surface area contributed by atoms with Crippen molar-refractivity contribution in [3.05, 3.63) is 59.7 Å². The molecule has 1 heterocycles. The van der Waals surface area contributed by atoms with Crippen molar-refractivity contribution in [3.8, 4) is 5.75 Å². The van der Waals surface area contributed by atoms with Crippen molar-refractivity contribution in [1.29, 1.82) is 0 Å². The monoisotopic (exact) mass is 416 g/mol. The van der Waals surface area contributed by atoms with Crippen LogP contribution in [0.25, 0.3) is 0 Å². The maximum Gasteiger partial charge on any atom is 0.254 e. The third kappa shape index (κ3) is 4.31. The predicted octanol–water partition coefficient (Wildman–Crippen LogP) is 3.70. The fourth-order valence-electron chi connectivity index (χ4n) is 3.85. The number of methoxy groups -OCH3 is 1. The van der Waals surface area contributed by atoms with Gasteiger partial charge in [0.15, 0.2) is 0 Å². The molecule has 1 amide bonds. The van der Waals surface area contributed by atoms with Crippen molar-refractivity contribution < 1.29 is 17.9 Å². The Kier molecular flexibility index (Phi) is 6.59. The summed E-state index contributed by atoms with van der Waals surface area (Å²) in [6.07, 6.45) is 1.80. The van der Waals surface area contributed by atoms with Gasteiger partial charge in [-0.2, -0.15) is 4.31 Å². The van der Waals surface area contributed by atoms with E-state index in [1.165, 1.54) is 10.4 Å². The van der Waals surface area contributed by atoms with Crippen LogP contribution in [0, 0.1) is 0 Å². The molecular weight excluding hydrogens is 388 g/mol. The minimum atomic E-state index is -3.61. The third-order valence-electron chi connectivity index (χ3n) is 5.44. The van der Waals surface area contributed by atoms with E-state index in [9.17, 15) is 13.2 Å². The van der Waals surface area contributed by atoms with E-state index in [-0.39, 0.29) is 16.8 Å². The van der Waals surface area contributed by atoms with Crippen LogP contribution in [0.5, 0.6) is 5.75 Å². The number of carbonyl (C=O) groups is 1. The van der Waals surface area contributed by atoms with Gasteiger partial charge in [-0.25, -0.2) is 8.42 Å². The largest absolute Gasteiger partial charge is 0.497 e. The number of benzene rings is 2. The van der Waals surface area contributed by atoms with Gasteiger partial charge in [0.05, 0.1) is 18.0 Å². The van der Waals surface area contributed by atoms with E-state index >= 15 is 0 Å². The summed E-state index contributed by atoms with van der Waals surface area (Å²) < 4.78 is 32.3. The smallest absolute Gasteiger partial charge is 0.254 e. The maximum absolute atomic E-state index is 13.2. The van der Waals surface area contributed by atoms with E-state index in [0.29, 0.717) is 25.2 Å². The minimum Gasteiger partial charge on any atom is -0.497 e. The number of ether oxygens (including phenoxy) is 1. The van der Waals surface area contributed by atoms with Crippen molar-refractivity contribution >= 4 is 15.9 Å². The molecule has 3 rings (SSSR count). The molecule has 0 N–H and O–H groups in total. The van der Waals surface area contributed by atoms with Crippen LogP contribution in [0.4, 0.5) is 0 Å². The van der Waals surface area contributed by atoms with Crippen LogP contribution in [0.3, 0.4) is 0 Å². The molecule has 0 radical (unpaired) electrons. The van der Waals surface area contributed by atoms with Gasteiger partial charge in [0.25, 0.3) is 5.91 Å². The molecule has 29 heavy (non-hydrogen) atoms. The molecule has 1 aliphatic heterocycles. The van der Waals surface area contributed by atoms with Gasteiger partial charge in [0.1, 0.15) is 5.75 Å². The lowest BCUT2D eigenvalue weighted by Crippen LogP contribution is -2.32. The molecule has 0 saturated carbocycles. The molecule has 1 saturated heterocycles. The van der Waals surface area contributed by atoms with Crippen LogP contribution in [0.1, 0.15) is 48.7 Å². The second-order valence-electron chi connectivity index (χ2n) is 7.05. The number of amides is 1. The standard InChI is InChI=1S/C22H28N2O4S/c1-4-23(5-2)29(26,27)20-9-6-8-18(16-20)22(25)24-15-7-10-21(24)17-11-13-19(28-3)14-12-17/h6,8-9,11-14,16,21H,4-5,7,10,15H2,1-3H3. The van der Waals surface area contributed by atoms with Gasteiger partial charge in [-0.05, 0) is 48.7 Å². The van der Waals surface area contributed by atoms with Gasteiger partial charge < -0.3 is 9.64 Å². The number of hydrogen-bond donors (Lipinski definition) is 0. The minimum absolute atomic E-state index is 0.0172. The summed E-state index contributed by atoms with van der Waals surface area (Å²) in [6.45, 7) is 5.05. The molecular formula is C22H28N2O4S. The quantitative estimate of drug-likeness (QED) is 0.690. The Morgan fingerprint density at radius 1 is 1.14 bits per heavy atom. The lowest BCUT2D eigenvalue weighted by Gasteiger charge is -2.26. The third-order valence-corrected chi connectivity index (χ3v) is 7.48. The Balaban J connectivity index is 1.88. The average Bonchev–Trinajstić information content (AvgIpc) is 3.24. The zero-order valence-corrected chi connectivity index (χ0v) is 18.0. The normalized spacial score (nSPS) is 17.0. The topological polar surface area (TPSA) is 66.9 Å². The number of likely N-dealkylation sites (tertiary alicyclic amines) is 1. The van der Waals surface area contributed by atoms with Crippen molar-refractivity contribution in [1.82, 2.24) is 9.21 Å². The number of rotatable bonds is 7. The molecule has 1 aliphatic rings. The summed E-state index contributed by atoms with van der Waals surface area (Å²) in [4.78, 5) is 15.2. The van der Waals surface area contributed by atoms with Crippen LogP contribution >= 0.6 is 0 Å². The number of hydrogen-bond acceptors (Lipinski definition) is 4. The predicted molar refractivity (Wildman–Crippen MR) is 113 cm³/mol. The lowest BCUT2D eigenvalue weighted by atomic mass is 10.0. The van der Waals surface area contributed by atoms with Gasteiger partial charge in [-0.1, -0.05) is 32.0 Å². The second kappa shape index (κ2) is 8.97. The first-order chi connectivity index (χ1) is 13.9. The van der Waals surface area contributed by atoms with Crippen LogP contribution in [-0.2, 0) is 10.0 Å². The average molecular weight is 417 g/mol. The summed E-state index contributed by atoms with van der Waals surface area (Å²) in [7, 11) is -1.98. The summed E-state index contributed by atoms with van der Waals surface area (Å²) >= 11 is 0. The molecule has 0 spiro atoms. The van der Waals surface area contributed by atoms with Gasteiger partial charge >= 0.3 is 0 Å². The van der Waals surface area contributed by atoms with Gasteiger partial charge in [-0.3, -0.25) is 4.79 Å². The van der Waals surface area contributed by atoms with E-state index in [1.54, 1.807) is 39.2 Å². The van der Waals surface area contributed by atoms with Gasteiger partial charge in [-0.15, -0.1) is 0 Å². The van der Waals surface area contributed by atoms with E-state index in [1.807, 2.05) is 29.2 Å². The van der Waals surface area contributed by atoms with Crippen molar-refractivity contribution in [2.24, 2.45) is 0 Å². The fraction of sp³-hybridized carbons (Fsp3) is 0.409. The van der Waals surface area contributed by atoms with Gasteiger partial charge in [0.2, 0.25) is 10.0 Å². The molecule has 0 aromatic heterocycles. The van der Waals surface area contributed by atoms with Crippen molar-refractivity contribution in [2.45, 2.75) is 37.6 Å². The Bertz CT molecular complexity index is 953. The summed E-state index contributed by atoms with van der Waals surface area (Å²) in [5, 5.41) is 0. The Morgan fingerprint density at radius 2 is 1.83 bits per heavy atom. The Hall–Kier alpha value is -2.38. The first-order valence-corrected chi connectivity index (χ1v) is 11.4. The molecule has 156 valence electrons. The zero-order chi connectivity index (χ0) is 21.0. The van der Waals surface area contributed by atoms with E-state index in [0.717, 1.165) is 24.2 Å². The second-order valence-corrected chi connectivity index (χ2v) is 8.98. The molecule has 6 nitrogen and oxygen atoms in total. The first-order valence-electron chi connectivity index (χ1n) is 9.97.